The molecule has 28 heavy (non-hydrogen) atoms. The highest BCUT2D eigenvalue weighted by Crippen LogP contribution is 2.73. The molecule has 1 N–H and O–H groups in total. The number of carbonyl (C=O) groups excluding carboxylic acids is 2. The highest BCUT2D eigenvalue weighted by Gasteiger charge is 2.74. The van der Waals surface area contributed by atoms with E-state index in [1.165, 1.54) is 6.08 Å². The average Bonchev–Trinajstić information content (AvgIpc) is 2.84. The molecule has 4 aliphatic carbocycles. The van der Waals surface area contributed by atoms with E-state index >= 15 is 4.39 Å². The fraction of sp³-hybridized carbons (Fsp3) is 0.750. The predicted octanol–water partition coefficient (Wildman–Crippen LogP) is 4.59. The molecule has 4 aliphatic rings. The van der Waals surface area contributed by atoms with Crippen LogP contribution in [0.15, 0.2) is 23.8 Å². The Morgan fingerprint density at radius 3 is 2.61 bits per heavy atom. The SMILES string of the molecule is CCC(=O)C1(C)C(C)CC2C3CCC4=CC(=O)C=CC4(C)C3(F)C(O)CC21C. The molecule has 0 heterocycles. The molecule has 4 heteroatoms. The van der Waals surface area contributed by atoms with Gasteiger partial charge >= 0.3 is 0 Å². The van der Waals surface area contributed by atoms with Crippen LogP contribution in [0.25, 0.3) is 0 Å². The molecular weight excluding hydrogens is 355 g/mol. The topological polar surface area (TPSA) is 54.4 Å². The van der Waals surface area contributed by atoms with Gasteiger partial charge in [0.2, 0.25) is 0 Å². The molecule has 0 spiro atoms. The van der Waals surface area contributed by atoms with Crippen molar-refractivity contribution in [2.75, 3.05) is 0 Å². The molecule has 0 amide bonds. The van der Waals surface area contributed by atoms with Crippen molar-refractivity contribution in [1.29, 1.82) is 0 Å². The summed E-state index contributed by atoms with van der Waals surface area (Å²) in [5.74, 6) is 0.0447. The summed E-state index contributed by atoms with van der Waals surface area (Å²) in [6.45, 7) is 10.0. The Bertz CT molecular complexity index is 800. The van der Waals surface area contributed by atoms with Crippen molar-refractivity contribution < 1.29 is 19.1 Å². The standard InChI is InChI=1S/C24H33FO3/c1-6-19(27)23(5)14(2)11-18-17-8-7-15-12-16(26)9-10-21(15,3)24(17,25)20(28)13-22(18,23)4/h9-10,12,14,17-18,20,28H,6-8,11,13H2,1-5H3. The van der Waals surface area contributed by atoms with Crippen LogP contribution in [-0.2, 0) is 9.59 Å². The van der Waals surface area contributed by atoms with E-state index < -0.39 is 28.0 Å². The molecule has 3 nitrogen and oxygen atoms in total. The molecule has 154 valence electrons. The van der Waals surface area contributed by atoms with Gasteiger partial charge in [-0.25, -0.2) is 4.39 Å². The summed E-state index contributed by atoms with van der Waals surface area (Å²) < 4.78 is 17.0. The maximum absolute atomic E-state index is 17.0. The number of fused-ring (bicyclic) bond motifs is 5. The molecule has 0 aromatic carbocycles. The van der Waals surface area contributed by atoms with Gasteiger partial charge in [0.05, 0.1) is 6.10 Å². The fourth-order valence-electron chi connectivity index (χ4n) is 7.73. The van der Waals surface area contributed by atoms with Crippen molar-refractivity contribution >= 4 is 11.6 Å². The van der Waals surface area contributed by atoms with Crippen molar-refractivity contribution in [1.82, 2.24) is 0 Å². The maximum Gasteiger partial charge on any atom is 0.178 e. The summed E-state index contributed by atoms with van der Waals surface area (Å²) in [6, 6.07) is 0. The van der Waals surface area contributed by atoms with Crippen LogP contribution >= 0.6 is 0 Å². The quantitative estimate of drug-likeness (QED) is 0.753. The van der Waals surface area contributed by atoms with E-state index in [4.69, 9.17) is 0 Å². The third kappa shape index (κ3) is 2.03. The lowest BCUT2D eigenvalue weighted by molar-refractivity contribution is -0.204. The van der Waals surface area contributed by atoms with E-state index in [2.05, 4.69) is 20.8 Å². The normalized spacial score (nSPS) is 52.5. The van der Waals surface area contributed by atoms with Crippen molar-refractivity contribution in [2.24, 2.45) is 34.0 Å². The third-order valence-corrected chi connectivity index (χ3v) is 9.71. The van der Waals surface area contributed by atoms with Gasteiger partial charge in [0.25, 0.3) is 0 Å². The number of ketones is 2. The van der Waals surface area contributed by atoms with E-state index in [0.717, 1.165) is 12.0 Å². The van der Waals surface area contributed by atoms with E-state index in [-0.39, 0.29) is 29.3 Å². The number of hydrogen-bond donors (Lipinski definition) is 1. The molecule has 3 fully saturated rings. The zero-order chi connectivity index (χ0) is 20.7. The number of hydrogen-bond acceptors (Lipinski definition) is 3. The van der Waals surface area contributed by atoms with E-state index in [0.29, 0.717) is 25.7 Å². The Balaban J connectivity index is 1.84. The van der Waals surface area contributed by atoms with Gasteiger partial charge < -0.3 is 5.11 Å². The maximum atomic E-state index is 17.0. The van der Waals surface area contributed by atoms with Crippen LogP contribution < -0.4 is 0 Å². The number of carbonyl (C=O) groups is 2. The van der Waals surface area contributed by atoms with Gasteiger partial charge in [0.1, 0.15) is 5.78 Å². The second kappa shape index (κ2) is 5.87. The second-order valence-electron chi connectivity index (χ2n) is 10.4. The Hall–Kier alpha value is -1.29. The van der Waals surface area contributed by atoms with Crippen molar-refractivity contribution in [3.8, 4) is 0 Å². The van der Waals surface area contributed by atoms with E-state index in [1.54, 1.807) is 12.2 Å². The number of rotatable bonds is 2. The van der Waals surface area contributed by atoms with Gasteiger partial charge in [-0.2, -0.15) is 0 Å². The molecule has 0 aromatic rings. The predicted molar refractivity (Wildman–Crippen MR) is 106 cm³/mol. The number of aliphatic hydroxyl groups excluding tert-OH is 1. The molecule has 3 saturated carbocycles. The highest BCUT2D eigenvalue weighted by molar-refractivity contribution is 6.01. The van der Waals surface area contributed by atoms with Crippen LogP contribution in [0.2, 0.25) is 0 Å². The molecule has 4 rings (SSSR count). The van der Waals surface area contributed by atoms with Gasteiger partial charge in [-0.3, -0.25) is 9.59 Å². The summed E-state index contributed by atoms with van der Waals surface area (Å²) in [4.78, 5) is 24.9. The summed E-state index contributed by atoms with van der Waals surface area (Å²) in [7, 11) is 0. The Morgan fingerprint density at radius 1 is 1.29 bits per heavy atom. The molecule has 0 radical (unpaired) electrons. The average molecular weight is 389 g/mol. The lowest BCUT2D eigenvalue weighted by atomic mass is 9.43. The molecular formula is C24H33FO3. The number of allylic oxidation sites excluding steroid dienone is 4. The first-order chi connectivity index (χ1) is 13.0. The third-order valence-electron chi connectivity index (χ3n) is 9.71. The number of halogens is 1. The van der Waals surface area contributed by atoms with Crippen LogP contribution in [0.4, 0.5) is 4.39 Å². The van der Waals surface area contributed by atoms with Gasteiger partial charge in [-0.05, 0) is 62.0 Å². The van der Waals surface area contributed by atoms with E-state index in [9.17, 15) is 14.7 Å². The molecule has 0 aromatic heterocycles. The first-order valence-corrected chi connectivity index (χ1v) is 10.8. The summed E-state index contributed by atoms with van der Waals surface area (Å²) in [5.41, 5.74) is -2.91. The molecule has 0 aliphatic heterocycles. The fourth-order valence-corrected chi connectivity index (χ4v) is 7.73. The van der Waals surface area contributed by atoms with Crippen molar-refractivity contribution in [2.45, 2.75) is 78.5 Å². The molecule has 8 unspecified atom stereocenters. The molecule has 0 saturated heterocycles. The first kappa shape index (κ1) is 20.0. The summed E-state index contributed by atoms with van der Waals surface area (Å²) >= 11 is 0. The van der Waals surface area contributed by atoms with Crippen molar-refractivity contribution in [3.63, 3.8) is 0 Å². The van der Waals surface area contributed by atoms with Gasteiger partial charge in [0.15, 0.2) is 11.5 Å². The zero-order valence-corrected chi connectivity index (χ0v) is 17.7. The van der Waals surface area contributed by atoms with Crippen LogP contribution in [0.5, 0.6) is 0 Å². The van der Waals surface area contributed by atoms with Crippen LogP contribution in [0.1, 0.15) is 66.7 Å². The van der Waals surface area contributed by atoms with Crippen LogP contribution in [0, 0.1) is 34.0 Å². The highest BCUT2D eigenvalue weighted by atomic mass is 19.1. The monoisotopic (exact) mass is 388 g/mol. The summed E-state index contributed by atoms with van der Waals surface area (Å²) in [5, 5.41) is 11.3. The van der Waals surface area contributed by atoms with E-state index in [1.807, 2.05) is 13.8 Å². The molecule has 0 bridgehead atoms. The van der Waals surface area contributed by atoms with Gasteiger partial charge in [-0.1, -0.05) is 39.3 Å². The smallest absolute Gasteiger partial charge is 0.178 e. The minimum Gasteiger partial charge on any atom is -0.390 e. The van der Waals surface area contributed by atoms with Gasteiger partial charge in [-0.15, -0.1) is 0 Å². The Morgan fingerprint density at radius 2 is 1.96 bits per heavy atom. The minimum absolute atomic E-state index is 0.0563. The number of alkyl halides is 1. The van der Waals surface area contributed by atoms with Crippen molar-refractivity contribution in [3.05, 3.63) is 23.8 Å². The van der Waals surface area contributed by atoms with Crippen LogP contribution in [0.3, 0.4) is 0 Å². The Kier molecular flexibility index (Phi) is 4.19. The number of aliphatic hydroxyl groups is 1. The molecule has 8 atom stereocenters. The lowest BCUT2D eigenvalue weighted by Gasteiger charge is -2.63. The van der Waals surface area contributed by atoms with Crippen LogP contribution in [-0.4, -0.2) is 28.4 Å². The lowest BCUT2D eigenvalue weighted by Crippen LogP contribution is -2.67. The summed E-state index contributed by atoms with van der Waals surface area (Å²) in [6.07, 6.45) is 6.45. The second-order valence-corrected chi connectivity index (χ2v) is 10.4. The minimum atomic E-state index is -1.81. The Labute approximate surface area is 167 Å². The van der Waals surface area contributed by atoms with Gasteiger partial charge in [0, 0.05) is 23.2 Å². The largest absolute Gasteiger partial charge is 0.390 e. The number of Topliss-reactive ketones (excluding diaryl/α,β-unsaturated/α-hetero) is 1. The first-order valence-electron chi connectivity index (χ1n) is 10.8. The zero-order valence-electron chi connectivity index (χ0n) is 17.7.